The van der Waals surface area contributed by atoms with Gasteiger partial charge >= 0.3 is 11.8 Å². The van der Waals surface area contributed by atoms with E-state index in [4.69, 9.17) is 15.5 Å². The topological polar surface area (TPSA) is 131 Å². The lowest BCUT2D eigenvalue weighted by Gasteiger charge is -2.38. The fourth-order valence-corrected chi connectivity index (χ4v) is 5.85. The number of fused-ring (bicyclic) bond motifs is 1. The van der Waals surface area contributed by atoms with Crippen molar-refractivity contribution >= 4 is 45.1 Å². The summed E-state index contributed by atoms with van der Waals surface area (Å²) >= 11 is 1.69. The van der Waals surface area contributed by atoms with E-state index in [0.717, 1.165) is 40.1 Å². The van der Waals surface area contributed by atoms with Crippen molar-refractivity contribution in [3.63, 3.8) is 0 Å². The number of amides is 3. The van der Waals surface area contributed by atoms with Crippen molar-refractivity contribution in [2.45, 2.75) is 51.6 Å². The molecule has 3 amide bonds. The number of likely N-dealkylation sites (N-methyl/N-ethyl adjacent to an activating group) is 1. The van der Waals surface area contributed by atoms with Crippen LogP contribution < -0.4 is 15.8 Å². The Labute approximate surface area is 232 Å². The Balaban J connectivity index is 1.56. The summed E-state index contributed by atoms with van der Waals surface area (Å²) in [5, 5.41) is 3.61. The molecule has 0 bridgehead atoms. The molecular formula is C28H36N6O4S. The first-order valence-electron chi connectivity index (χ1n) is 12.9. The van der Waals surface area contributed by atoms with Crippen molar-refractivity contribution in [3.05, 3.63) is 46.5 Å². The first-order valence-corrected chi connectivity index (χ1v) is 13.7. The van der Waals surface area contributed by atoms with Crippen molar-refractivity contribution in [1.29, 1.82) is 0 Å². The molecule has 3 heterocycles. The number of pyridine rings is 1. The van der Waals surface area contributed by atoms with Crippen LogP contribution in [0.1, 0.15) is 60.6 Å². The molecule has 1 fully saturated rings. The van der Waals surface area contributed by atoms with E-state index in [1.807, 2.05) is 12.1 Å². The van der Waals surface area contributed by atoms with E-state index in [1.165, 1.54) is 19.2 Å². The van der Waals surface area contributed by atoms with Crippen LogP contribution in [0.4, 0.5) is 5.82 Å². The molecule has 0 unspecified atom stereocenters. The van der Waals surface area contributed by atoms with E-state index < -0.39 is 17.7 Å². The van der Waals surface area contributed by atoms with E-state index in [9.17, 15) is 14.4 Å². The normalized spacial score (nSPS) is 17.9. The molecule has 0 saturated carbocycles. The summed E-state index contributed by atoms with van der Waals surface area (Å²) in [5.74, 6) is -1.83. The highest BCUT2D eigenvalue weighted by molar-refractivity contribution is 7.18. The highest BCUT2D eigenvalue weighted by Crippen LogP contribution is 2.36. The van der Waals surface area contributed by atoms with Gasteiger partial charge in [0.1, 0.15) is 11.4 Å². The molecule has 11 heteroatoms. The molecule has 1 aliphatic rings. The van der Waals surface area contributed by atoms with Gasteiger partial charge in [-0.15, -0.1) is 11.3 Å². The number of hydrogen-bond acceptors (Lipinski definition) is 8. The number of methoxy groups -OCH3 is 1. The maximum Gasteiger partial charge on any atom is 0.315 e. The van der Waals surface area contributed by atoms with E-state index in [1.54, 1.807) is 16.2 Å². The Morgan fingerprint density at radius 3 is 2.59 bits per heavy atom. The Morgan fingerprint density at radius 1 is 1.18 bits per heavy atom. The van der Waals surface area contributed by atoms with Gasteiger partial charge in [-0.1, -0.05) is 13.0 Å². The zero-order valence-corrected chi connectivity index (χ0v) is 24.1. The van der Waals surface area contributed by atoms with Crippen LogP contribution in [0.2, 0.25) is 0 Å². The number of nitrogens with two attached hydrogens (primary N) is 1. The number of primary amides is 1. The van der Waals surface area contributed by atoms with E-state index in [-0.39, 0.29) is 34.8 Å². The lowest BCUT2D eigenvalue weighted by atomic mass is 9.89. The van der Waals surface area contributed by atoms with Crippen molar-refractivity contribution in [1.82, 2.24) is 19.8 Å². The molecule has 0 spiro atoms. The number of nitrogens with zero attached hydrogens (tertiary/aromatic N) is 4. The summed E-state index contributed by atoms with van der Waals surface area (Å²) in [6, 6.07) is 8.71. The van der Waals surface area contributed by atoms with E-state index >= 15 is 0 Å². The fraction of sp³-hybridized carbons (Fsp3) is 0.464. The number of hydrogen-bond donors (Lipinski definition) is 2. The van der Waals surface area contributed by atoms with Crippen molar-refractivity contribution in [3.8, 4) is 5.88 Å². The molecule has 4 rings (SSSR count). The SMILES string of the molecule is COc1nc(NC(=O)C(=O)N2C[C@@H](C)CC[C@@H]2c2ccc3sc(CC(C)(C)N(C)C)nc3c2)ccc1C(N)=O. The molecule has 1 saturated heterocycles. The minimum atomic E-state index is -0.807. The number of benzene rings is 1. The van der Waals surface area contributed by atoms with Gasteiger partial charge in [0.05, 0.1) is 28.4 Å². The van der Waals surface area contributed by atoms with Gasteiger partial charge in [0, 0.05) is 18.5 Å². The monoisotopic (exact) mass is 552 g/mol. The van der Waals surface area contributed by atoms with E-state index in [0.29, 0.717) is 6.54 Å². The maximum atomic E-state index is 13.4. The van der Waals surface area contributed by atoms with Gasteiger partial charge in [-0.05, 0) is 76.5 Å². The molecule has 208 valence electrons. The van der Waals surface area contributed by atoms with Crippen molar-refractivity contribution in [2.75, 3.05) is 33.1 Å². The third-order valence-corrected chi connectivity index (χ3v) is 8.50. The zero-order chi connectivity index (χ0) is 28.5. The molecule has 3 N–H and O–H groups in total. The number of rotatable bonds is 7. The van der Waals surface area contributed by atoms with E-state index in [2.05, 4.69) is 56.1 Å². The molecule has 2 aromatic heterocycles. The van der Waals surface area contributed by atoms with Crippen LogP contribution in [0.15, 0.2) is 30.3 Å². The second kappa shape index (κ2) is 11.3. The number of anilines is 1. The summed E-state index contributed by atoms with van der Waals surface area (Å²) in [6.45, 7) is 6.93. The van der Waals surface area contributed by atoms with Crippen molar-refractivity contribution in [2.24, 2.45) is 11.7 Å². The minimum Gasteiger partial charge on any atom is -0.480 e. The van der Waals surface area contributed by atoms with Gasteiger partial charge in [-0.2, -0.15) is 4.98 Å². The molecule has 10 nitrogen and oxygen atoms in total. The summed E-state index contributed by atoms with van der Waals surface area (Å²) in [4.78, 5) is 50.8. The largest absolute Gasteiger partial charge is 0.480 e. The first-order chi connectivity index (χ1) is 18.4. The lowest BCUT2D eigenvalue weighted by molar-refractivity contribution is -0.146. The highest BCUT2D eigenvalue weighted by atomic mass is 32.1. The standard InChI is InChI=1S/C28H36N6O4S/c1-16-7-10-20(17-8-11-21-19(13-17)30-23(39-21)14-28(2,3)33(4)5)34(15-16)27(37)25(36)31-22-12-9-18(24(29)35)26(32-22)38-6/h8-9,11-13,16,20H,7,10,14-15H2,1-6H3,(H2,29,35)(H,31,32,36)/t16-,20+/m0/s1. The van der Waals surface area contributed by atoms with Gasteiger partial charge in [0.25, 0.3) is 5.91 Å². The molecule has 3 aromatic rings. The molecule has 2 atom stereocenters. The first kappa shape index (κ1) is 28.4. The Bertz CT molecular complexity index is 1400. The average molecular weight is 553 g/mol. The summed E-state index contributed by atoms with van der Waals surface area (Å²) in [6.07, 6.45) is 2.52. The van der Waals surface area contributed by atoms with Gasteiger partial charge in [0.15, 0.2) is 0 Å². The summed E-state index contributed by atoms with van der Waals surface area (Å²) in [7, 11) is 5.48. The third kappa shape index (κ3) is 6.20. The Kier molecular flexibility index (Phi) is 8.22. The Morgan fingerprint density at radius 2 is 1.92 bits per heavy atom. The summed E-state index contributed by atoms with van der Waals surface area (Å²) in [5.41, 5.74) is 7.26. The van der Waals surface area contributed by atoms with Crippen LogP contribution >= 0.6 is 11.3 Å². The molecule has 1 aliphatic heterocycles. The lowest BCUT2D eigenvalue weighted by Crippen LogP contribution is -2.46. The Hall–Kier alpha value is -3.57. The molecule has 0 radical (unpaired) electrons. The number of piperidine rings is 1. The molecule has 0 aliphatic carbocycles. The fourth-order valence-electron chi connectivity index (χ4n) is 4.68. The smallest absolute Gasteiger partial charge is 0.315 e. The van der Waals surface area contributed by atoms with Crippen LogP contribution in [-0.4, -0.2) is 70.8 Å². The van der Waals surface area contributed by atoms with Crippen LogP contribution in [0, 0.1) is 5.92 Å². The number of nitrogens with one attached hydrogen (secondary N) is 1. The second-order valence-corrected chi connectivity index (χ2v) is 12.1. The van der Waals surface area contributed by atoms with Gasteiger partial charge < -0.3 is 25.6 Å². The summed E-state index contributed by atoms with van der Waals surface area (Å²) < 4.78 is 6.20. The average Bonchev–Trinajstić information content (AvgIpc) is 3.28. The third-order valence-electron chi connectivity index (χ3n) is 7.47. The maximum absolute atomic E-state index is 13.4. The van der Waals surface area contributed by atoms with Gasteiger partial charge in [-0.3, -0.25) is 14.4 Å². The number of ether oxygens (including phenoxy) is 1. The second-order valence-electron chi connectivity index (χ2n) is 10.9. The molecule has 1 aromatic carbocycles. The number of carbonyl (C=O) groups is 3. The predicted octanol–water partition coefficient (Wildman–Crippen LogP) is 3.62. The number of carbonyl (C=O) groups excluding carboxylic acids is 3. The number of aromatic nitrogens is 2. The number of likely N-dealkylation sites (tertiary alicyclic amines) is 1. The predicted molar refractivity (Wildman–Crippen MR) is 152 cm³/mol. The zero-order valence-electron chi connectivity index (χ0n) is 23.3. The highest BCUT2D eigenvalue weighted by Gasteiger charge is 2.35. The van der Waals surface area contributed by atoms with Gasteiger partial charge in [0.2, 0.25) is 5.88 Å². The molecular weight excluding hydrogens is 516 g/mol. The van der Waals surface area contributed by atoms with Crippen molar-refractivity contribution < 1.29 is 19.1 Å². The van der Waals surface area contributed by atoms with Crippen LogP contribution in [0.25, 0.3) is 10.2 Å². The van der Waals surface area contributed by atoms with Crippen LogP contribution in [0.3, 0.4) is 0 Å². The van der Waals surface area contributed by atoms with Crippen LogP contribution in [0.5, 0.6) is 5.88 Å². The minimum absolute atomic E-state index is 0.0220. The number of thiazole rings is 1. The van der Waals surface area contributed by atoms with Crippen LogP contribution in [-0.2, 0) is 16.0 Å². The quantitative estimate of drug-likeness (QED) is 0.428. The van der Waals surface area contributed by atoms with Gasteiger partial charge in [-0.25, -0.2) is 4.98 Å². The molecule has 39 heavy (non-hydrogen) atoms.